The number of carboxylic acids is 1. The Labute approximate surface area is 57.1 Å². The van der Waals surface area contributed by atoms with E-state index in [1.54, 1.807) is 0 Å². The second-order valence-electron chi connectivity index (χ2n) is 1.92. The number of hydrogen-bond donors (Lipinski definition) is 1. The predicted molar refractivity (Wildman–Crippen MR) is 31.0 cm³/mol. The fourth-order valence-corrected chi connectivity index (χ4v) is 0.684. The summed E-state index contributed by atoms with van der Waals surface area (Å²) in [6.07, 6.45) is 1.48. The lowest BCUT2D eigenvalue weighted by Crippen LogP contribution is -2.00. The second kappa shape index (κ2) is 2.51. The molecule has 54 valence electrons. The molecule has 0 saturated heterocycles. The maximum absolute atomic E-state index is 10.4. The summed E-state index contributed by atoms with van der Waals surface area (Å²) in [5, 5.41) is 8.23. The molecule has 0 amide bonds. The van der Waals surface area contributed by atoms with Crippen molar-refractivity contribution in [3.8, 4) is 0 Å². The molecule has 0 unspecified atom stereocenters. The van der Waals surface area contributed by atoms with E-state index < -0.39 is 5.97 Å². The maximum Gasteiger partial charge on any atom is 0.314 e. The SMILES string of the molecule is O=C(O)CC1=CCC(=O)O1. The van der Waals surface area contributed by atoms with Gasteiger partial charge in [-0.05, 0) is 6.08 Å². The van der Waals surface area contributed by atoms with Crippen LogP contribution in [0.25, 0.3) is 0 Å². The molecular formula is C6H6O4. The molecule has 0 fully saturated rings. The van der Waals surface area contributed by atoms with Gasteiger partial charge < -0.3 is 9.84 Å². The lowest BCUT2D eigenvalue weighted by molar-refractivity contribution is -0.139. The van der Waals surface area contributed by atoms with Gasteiger partial charge >= 0.3 is 11.9 Å². The third kappa shape index (κ3) is 1.58. The van der Waals surface area contributed by atoms with Crippen LogP contribution in [0.15, 0.2) is 11.8 Å². The molecule has 1 aliphatic rings. The highest BCUT2D eigenvalue weighted by atomic mass is 16.5. The van der Waals surface area contributed by atoms with E-state index in [4.69, 9.17) is 5.11 Å². The quantitative estimate of drug-likeness (QED) is 0.563. The van der Waals surface area contributed by atoms with Gasteiger partial charge in [0, 0.05) is 0 Å². The van der Waals surface area contributed by atoms with Crippen LogP contribution < -0.4 is 0 Å². The van der Waals surface area contributed by atoms with Gasteiger partial charge in [-0.15, -0.1) is 0 Å². The van der Waals surface area contributed by atoms with Crippen molar-refractivity contribution in [1.82, 2.24) is 0 Å². The first-order valence-electron chi connectivity index (χ1n) is 2.80. The van der Waals surface area contributed by atoms with Crippen LogP contribution in [0.3, 0.4) is 0 Å². The number of carbonyl (C=O) groups is 2. The van der Waals surface area contributed by atoms with Crippen LogP contribution >= 0.6 is 0 Å². The summed E-state index contributed by atoms with van der Waals surface area (Å²) in [6.45, 7) is 0. The zero-order valence-electron chi connectivity index (χ0n) is 5.16. The summed E-state index contributed by atoms with van der Waals surface area (Å²) in [5.74, 6) is -1.12. The molecule has 1 rings (SSSR count). The van der Waals surface area contributed by atoms with Gasteiger partial charge in [0.25, 0.3) is 0 Å². The summed E-state index contributed by atoms with van der Waals surface area (Å²) in [4.78, 5) is 20.4. The molecule has 1 N–H and O–H groups in total. The number of ether oxygens (including phenoxy) is 1. The predicted octanol–water partition coefficient (Wildman–Crippen LogP) is 0.292. The van der Waals surface area contributed by atoms with E-state index in [0.29, 0.717) is 0 Å². The number of hydrogen-bond acceptors (Lipinski definition) is 3. The van der Waals surface area contributed by atoms with E-state index in [-0.39, 0.29) is 24.6 Å². The Morgan fingerprint density at radius 1 is 1.80 bits per heavy atom. The summed E-state index contributed by atoms with van der Waals surface area (Å²) in [6, 6.07) is 0. The van der Waals surface area contributed by atoms with Crippen molar-refractivity contribution >= 4 is 11.9 Å². The van der Waals surface area contributed by atoms with E-state index in [1.807, 2.05) is 0 Å². The molecule has 0 aromatic carbocycles. The molecule has 4 heteroatoms. The van der Waals surface area contributed by atoms with Crippen molar-refractivity contribution in [3.05, 3.63) is 11.8 Å². The average molecular weight is 142 g/mol. The van der Waals surface area contributed by atoms with Gasteiger partial charge in [0.15, 0.2) is 0 Å². The molecule has 1 heterocycles. The van der Waals surface area contributed by atoms with Crippen LogP contribution in [0.5, 0.6) is 0 Å². The van der Waals surface area contributed by atoms with Crippen LogP contribution in [-0.2, 0) is 14.3 Å². The molecule has 0 atom stereocenters. The maximum atomic E-state index is 10.4. The molecule has 0 bridgehead atoms. The van der Waals surface area contributed by atoms with Crippen molar-refractivity contribution < 1.29 is 19.4 Å². The summed E-state index contributed by atoms with van der Waals surface area (Å²) in [5.41, 5.74) is 0. The highest BCUT2D eigenvalue weighted by Crippen LogP contribution is 2.13. The average Bonchev–Trinajstić information content (AvgIpc) is 2.13. The Balaban J connectivity index is 2.44. The summed E-state index contributed by atoms with van der Waals surface area (Å²) < 4.78 is 4.51. The van der Waals surface area contributed by atoms with Gasteiger partial charge in [-0.25, -0.2) is 0 Å². The standard InChI is InChI=1S/C6H6O4/c7-5(8)3-4-1-2-6(9)10-4/h1H,2-3H2,(H,7,8). The fraction of sp³-hybridized carbons (Fsp3) is 0.333. The second-order valence-corrected chi connectivity index (χ2v) is 1.92. The number of cyclic esters (lactones) is 1. The highest BCUT2D eigenvalue weighted by Gasteiger charge is 2.16. The third-order valence-corrected chi connectivity index (χ3v) is 1.07. The fourth-order valence-electron chi connectivity index (χ4n) is 0.684. The van der Waals surface area contributed by atoms with Crippen LogP contribution in [0.2, 0.25) is 0 Å². The number of esters is 1. The van der Waals surface area contributed by atoms with E-state index in [0.717, 1.165) is 0 Å². The van der Waals surface area contributed by atoms with Crippen molar-refractivity contribution in [1.29, 1.82) is 0 Å². The monoisotopic (exact) mass is 142 g/mol. The van der Waals surface area contributed by atoms with Crippen LogP contribution in [-0.4, -0.2) is 17.0 Å². The lowest BCUT2D eigenvalue weighted by Gasteiger charge is -1.95. The molecule has 0 aromatic heterocycles. The van der Waals surface area contributed by atoms with Crippen molar-refractivity contribution in [2.45, 2.75) is 12.8 Å². The largest absolute Gasteiger partial charge is 0.481 e. The molecule has 10 heavy (non-hydrogen) atoms. The molecule has 0 spiro atoms. The van der Waals surface area contributed by atoms with Gasteiger partial charge in [0.2, 0.25) is 0 Å². The molecule has 1 aliphatic heterocycles. The molecule has 0 aliphatic carbocycles. The molecule has 4 nitrogen and oxygen atoms in total. The van der Waals surface area contributed by atoms with E-state index in [2.05, 4.69) is 4.74 Å². The zero-order chi connectivity index (χ0) is 7.56. The van der Waals surface area contributed by atoms with Gasteiger partial charge in [-0.3, -0.25) is 9.59 Å². The molecular weight excluding hydrogens is 136 g/mol. The number of rotatable bonds is 2. The first kappa shape index (κ1) is 6.80. The topological polar surface area (TPSA) is 63.6 Å². The van der Waals surface area contributed by atoms with Crippen LogP contribution in [0.1, 0.15) is 12.8 Å². The molecule has 0 saturated carbocycles. The first-order valence-corrected chi connectivity index (χ1v) is 2.80. The zero-order valence-corrected chi connectivity index (χ0v) is 5.16. The number of carbonyl (C=O) groups excluding carboxylic acids is 1. The minimum Gasteiger partial charge on any atom is -0.481 e. The molecule has 0 aromatic rings. The Kier molecular flexibility index (Phi) is 1.71. The number of carboxylic acid groups (broad SMARTS) is 1. The van der Waals surface area contributed by atoms with Gasteiger partial charge in [-0.2, -0.15) is 0 Å². The van der Waals surface area contributed by atoms with Crippen LogP contribution in [0, 0.1) is 0 Å². The Hall–Kier alpha value is -1.32. The minimum atomic E-state index is -0.985. The highest BCUT2D eigenvalue weighted by molar-refractivity contribution is 5.78. The minimum absolute atomic E-state index is 0.197. The van der Waals surface area contributed by atoms with Gasteiger partial charge in [-0.1, -0.05) is 0 Å². The summed E-state index contributed by atoms with van der Waals surface area (Å²) >= 11 is 0. The normalized spacial score (nSPS) is 16.4. The van der Waals surface area contributed by atoms with E-state index in [9.17, 15) is 9.59 Å². The first-order chi connectivity index (χ1) is 4.68. The number of aliphatic carboxylic acids is 1. The van der Waals surface area contributed by atoms with Gasteiger partial charge in [0.05, 0.1) is 6.42 Å². The van der Waals surface area contributed by atoms with Crippen molar-refractivity contribution in [2.24, 2.45) is 0 Å². The lowest BCUT2D eigenvalue weighted by atomic mass is 10.3. The van der Waals surface area contributed by atoms with Gasteiger partial charge in [0.1, 0.15) is 12.2 Å². The Bertz CT molecular complexity index is 204. The Morgan fingerprint density at radius 2 is 2.50 bits per heavy atom. The third-order valence-electron chi connectivity index (χ3n) is 1.07. The van der Waals surface area contributed by atoms with Crippen molar-refractivity contribution in [2.75, 3.05) is 0 Å². The van der Waals surface area contributed by atoms with Crippen molar-refractivity contribution in [3.63, 3.8) is 0 Å². The van der Waals surface area contributed by atoms with E-state index >= 15 is 0 Å². The Morgan fingerprint density at radius 3 is 2.90 bits per heavy atom. The smallest absolute Gasteiger partial charge is 0.314 e. The summed E-state index contributed by atoms with van der Waals surface area (Å²) in [7, 11) is 0. The van der Waals surface area contributed by atoms with E-state index in [1.165, 1.54) is 6.08 Å². The molecule has 0 radical (unpaired) electrons. The van der Waals surface area contributed by atoms with Crippen LogP contribution in [0.4, 0.5) is 0 Å².